The van der Waals surface area contributed by atoms with Crippen molar-refractivity contribution in [1.29, 1.82) is 0 Å². The fourth-order valence-corrected chi connectivity index (χ4v) is 1.84. The van der Waals surface area contributed by atoms with Crippen LogP contribution in [0.3, 0.4) is 0 Å². The highest BCUT2D eigenvalue weighted by atomic mass is 32.2. The molecular formula is C6H18N2O3S. The van der Waals surface area contributed by atoms with E-state index in [2.05, 4.69) is 4.18 Å². The molecule has 6 heteroatoms. The highest BCUT2D eigenvalue weighted by molar-refractivity contribution is 7.84. The molecule has 0 aromatic heterocycles. The van der Waals surface area contributed by atoms with Gasteiger partial charge in [0.05, 0.1) is 6.61 Å². The van der Waals surface area contributed by atoms with E-state index in [0.717, 1.165) is 0 Å². The Labute approximate surface area is 74.5 Å². The standard InChI is InChI=1S/C6H15NO3S.H3N/c1-4-7(5-2)11(8,9)10-6-3;/h4-6H2,1-3H3;1H3. The SMILES string of the molecule is CCOS(=O)(=O)N(CC)CC.N. The number of hydrogen-bond donors (Lipinski definition) is 1. The lowest BCUT2D eigenvalue weighted by Gasteiger charge is -2.16. The van der Waals surface area contributed by atoms with Crippen LogP contribution in [0.4, 0.5) is 0 Å². The molecule has 0 heterocycles. The van der Waals surface area contributed by atoms with Crippen LogP contribution in [0.5, 0.6) is 0 Å². The minimum atomic E-state index is -3.44. The van der Waals surface area contributed by atoms with Crippen LogP contribution in [0.1, 0.15) is 20.8 Å². The molecule has 0 bridgehead atoms. The van der Waals surface area contributed by atoms with Gasteiger partial charge in [-0.05, 0) is 6.92 Å². The van der Waals surface area contributed by atoms with Gasteiger partial charge in [0.25, 0.3) is 0 Å². The van der Waals surface area contributed by atoms with E-state index in [1.807, 2.05) is 0 Å². The lowest BCUT2D eigenvalue weighted by molar-refractivity contribution is 0.286. The second-order valence-electron chi connectivity index (χ2n) is 1.95. The van der Waals surface area contributed by atoms with Crippen molar-refractivity contribution in [2.24, 2.45) is 0 Å². The smallest absolute Gasteiger partial charge is 0.338 e. The molecule has 0 amide bonds. The molecule has 0 aliphatic rings. The van der Waals surface area contributed by atoms with Gasteiger partial charge in [0.1, 0.15) is 0 Å². The molecule has 5 nitrogen and oxygen atoms in total. The molecule has 0 spiro atoms. The van der Waals surface area contributed by atoms with E-state index in [0.29, 0.717) is 13.1 Å². The van der Waals surface area contributed by atoms with Crippen molar-refractivity contribution in [3.05, 3.63) is 0 Å². The molecule has 0 radical (unpaired) electrons. The van der Waals surface area contributed by atoms with E-state index in [1.165, 1.54) is 4.31 Å². The zero-order valence-corrected chi connectivity index (χ0v) is 8.73. The van der Waals surface area contributed by atoms with Crippen LogP contribution in [-0.2, 0) is 14.5 Å². The maximum Gasteiger partial charge on any atom is 0.338 e. The van der Waals surface area contributed by atoms with Gasteiger partial charge in [-0.15, -0.1) is 0 Å². The Hall–Kier alpha value is -0.170. The molecule has 0 aliphatic heterocycles. The van der Waals surface area contributed by atoms with Crippen LogP contribution in [0.2, 0.25) is 0 Å². The fraction of sp³-hybridized carbons (Fsp3) is 1.00. The minimum Gasteiger partial charge on any atom is -0.344 e. The summed E-state index contributed by atoms with van der Waals surface area (Å²) in [5.41, 5.74) is 0. The maximum absolute atomic E-state index is 11.1. The van der Waals surface area contributed by atoms with Crippen molar-refractivity contribution in [3.63, 3.8) is 0 Å². The number of hydrogen-bond acceptors (Lipinski definition) is 4. The van der Waals surface area contributed by atoms with E-state index >= 15 is 0 Å². The normalized spacial score (nSPS) is 11.3. The number of nitrogens with zero attached hydrogens (tertiary/aromatic N) is 1. The van der Waals surface area contributed by atoms with Crippen LogP contribution in [0.15, 0.2) is 0 Å². The Morgan fingerprint density at radius 1 is 1.17 bits per heavy atom. The number of rotatable bonds is 5. The third-order valence-electron chi connectivity index (χ3n) is 1.29. The van der Waals surface area contributed by atoms with Crippen LogP contribution >= 0.6 is 0 Å². The molecule has 0 saturated carbocycles. The first-order valence-corrected chi connectivity index (χ1v) is 5.09. The molecular weight excluding hydrogens is 180 g/mol. The van der Waals surface area contributed by atoms with E-state index in [9.17, 15) is 8.42 Å². The molecule has 0 rings (SSSR count). The zero-order valence-electron chi connectivity index (χ0n) is 7.91. The highest BCUT2D eigenvalue weighted by Crippen LogP contribution is 2.01. The van der Waals surface area contributed by atoms with E-state index in [-0.39, 0.29) is 12.8 Å². The Morgan fingerprint density at radius 3 is 1.83 bits per heavy atom. The fourth-order valence-electron chi connectivity index (χ4n) is 0.763. The second-order valence-corrected chi connectivity index (χ2v) is 3.56. The minimum absolute atomic E-state index is 0. The van der Waals surface area contributed by atoms with Gasteiger partial charge in [-0.1, -0.05) is 13.8 Å². The van der Waals surface area contributed by atoms with E-state index < -0.39 is 10.3 Å². The summed E-state index contributed by atoms with van der Waals surface area (Å²) in [7, 11) is -3.44. The average molecular weight is 198 g/mol. The van der Waals surface area contributed by atoms with Gasteiger partial charge in [-0.25, -0.2) is 0 Å². The topological polar surface area (TPSA) is 81.6 Å². The summed E-state index contributed by atoms with van der Waals surface area (Å²) in [6.45, 7) is 6.32. The third-order valence-corrected chi connectivity index (χ3v) is 2.97. The quantitative estimate of drug-likeness (QED) is 0.707. The van der Waals surface area contributed by atoms with Gasteiger partial charge in [-0.3, -0.25) is 4.18 Å². The third kappa shape index (κ3) is 4.01. The molecule has 76 valence electrons. The predicted molar refractivity (Wildman–Crippen MR) is 48.5 cm³/mol. The largest absolute Gasteiger partial charge is 0.344 e. The molecule has 0 aromatic carbocycles. The van der Waals surface area contributed by atoms with E-state index in [1.54, 1.807) is 20.8 Å². The van der Waals surface area contributed by atoms with Crippen molar-refractivity contribution < 1.29 is 12.6 Å². The van der Waals surface area contributed by atoms with Gasteiger partial charge in [0, 0.05) is 13.1 Å². The lowest BCUT2D eigenvalue weighted by Crippen LogP contribution is -2.32. The summed E-state index contributed by atoms with van der Waals surface area (Å²) in [6.07, 6.45) is 0. The molecule has 3 N–H and O–H groups in total. The van der Waals surface area contributed by atoms with Crippen LogP contribution in [-0.4, -0.2) is 32.4 Å². The summed E-state index contributed by atoms with van der Waals surface area (Å²) in [5.74, 6) is 0. The Morgan fingerprint density at radius 2 is 1.58 bits per heavy atom. The van der Waals surface area contributed by atoms with Crippen molar-refractivity contribution in [1.82, 2.24) is 10.5 Å². The van der Waals surface area contributed by atoms with Crippen molar-refractivity contribution in [2.75, 3.05) is 19.7 Å². The monoisotopic (exact) mass is 198 g/mol. The summed E-state index contributed by atoms with van der Waals surface area (Å²) >= 11 is 0. The molecule has 0 aromatic rings. The summed E-state index contributed by atoms with van der Waals surface area (Å²) < 4.78 is 28.0. The molecule has 0 atom stereocenters. The van der Waals surface area contributed by atoms with Gasteiger partial charge in [0.15, 0.2) is 0 Å². The van der Waals surface area contributed by atoms with Crippen LogP contribution < -0.4 is 6.15 Å². The molecule has 0 fully saturated rings. The maximum atomic E-state index is 11.1. The molecule has 0 aliphatic carbocycles. The van der Waals surface area contributed by atoms with Crippen molar-refractivity contribution in [3.8, 4) is 0 Å². The lowest BCUT2D eigenvalue weighted by atomic mass is 10.7. The molecule has 12 heavy (non-hydrogen) atoms. The van der Waals surface area contributed by atoms with Crippen molar-refractivity contribution >= 4 is 10.3 Å². The average Bonchev–Trinajstić information content (AvgIpc) is 1.89. The van der Waals surface area contributed by atoms with Crippen LogP contribution in [0.25, 0.3) is 0 Å². The Kier molecular flexibility index (Phi) is 7.61. The predicted octanol–water partition coefficient (Wildman–Crippen LogP) is 0.772. The first kappa shape index (κ1) is 14.4. The highest BCUT2D eigenvalue weighted by Gasteiger charge is 2.17. The van der Waals surface area contributed by atoms with E-state index in [4.69, 9.17) is 0 Å². The van der Waals surface area contributed by atoms with Gasteiger partial charge in [-0.2, -0.15) is 12.7 Å². The molecule has 0 unspecified atom stereocenters. The Bertz CT molecular complexity index is 187. The van der Waals surface area contributed by atoms with Gasteiger partial charge < -0.3 is 6.15 Å². The summed E-state index contributed by atoms with van der Waals surface area (Å²) in [6, 6.07) is 0. The van der Waals surface area contributed by atoms with Gasteiger partial charge in [0.2, 0.25) is 0 Å². The summed E-state index contributed by atoms with van der Waals surface area (Å²) in [4.78, 5) is 0. The second kappa shape index (κ2) is 6.36. The molecule has 0 saturated heterocycles. The zero-order chi connectivity index (χ0) is 8.91. The first-order valence-electron chi connectivity index (χ1n) is 3.73. The van der Waals surface area contributed by atoms with Crippen molar-refractivity contribution in [2.45, 2.75) is 20.8 Å². The Balaban J connectivity index is 0. The first-order chi connectivity index (χ1) is 5.08. The summed E-state index contributed by atoms with van der Waals surface area (Å²) in [5, 5.41) is 0. The van der Waals surface area contributed by atoms with Gasteiger partial charge >= 0.3 is 10.3 Å². The van der Waals surface area contributed by atoms with Crippen LogP contribution in [0, 0.1) is 0 Å².